The monoisotopic (exact) mass is 294 g/mol. The van der Waals surface area contributed by atoms with Gasteiger partial charge in [-0.2, -0.15) is 0 Å². The second-order valence-corrected chi connectivity index (χ2v) is 5.15. The molecule has 1 aromatic rings. The van der Waals surface area contributed by atoms with Crippen molar-refractivity contribution >= 4 is 11.7 Å². The number of carbonyl (C=O) groups is 1. The van der Waals surface area contributed by atoms with Crippen LogP contribution in [0.15, 0.2) is 18.2 Å². The topological polar surface area (TPSA) is 90.7 Å². The lowest BCUT2D eigenvalue weighted by atomic mass is 10.1. The van der Waals surface area contributed by atoms with E-state index in [1.807, 2.05) is 13.8 Å². The van der Waals surface area contributed by atoms with Crippen LogP contribution in [-0.2, 0) is 16.1 Å². The molecule has 0 saturated carbocycles. The van der Waals surface area contributed by atoms with E-state index in [0.29, 0.717) is 30.9 Å². The number of nitro benzene ring substituents is 1. The van der Waals surface area contributed by atoms with Crippen molar-refractivity contribution in [3.8, 4) is 5.75 Å². The first kappa shape index (κ1) is 15.2. The molecule has 21 heavy (non-hydrogen) atoms. The highest BCUT2D eigenvalue weighted by Gasteiger charge is 2.29. The molecule has 1 atom stereocenters. The number of hydrogen-bond donors (Lipinski definition) is 1. The standard InChI is InChI=1S/C14H18N2O5/c1-9(2)15-8-10-7-11(16(18)19)3-4-12(10)21-13-5-6-20-14(13)17/h3-4,7,9,13,15H,5-6,8H2,1-2H3. The molecule has 0 amide bonds. The van der Waals surface area contributed by atoms with E-state index in [-0.39, 0.29) is 11.7 Å². The number of cyclic esters (lactones) is 1. The number of esters is 1. The minimum Gasteiger partial charge on any atom is -0.478 e. The maximum atomic E-state index is 11.5. The maximum absolute atomic E-state index is 11.5. The molecule has 1 saturated heterocycles. The van der Waals surface area contributed by atoms with Crippen LogP contribution in [0.4, 0.5) is 5.69 Å². The SMILES string of the molecule is CC(C)NCc1cc([N+](=O)[O-])ccc1OC1CCOC1=O. The van der Waals surface area contributed by atoms with E-state index in [1.54, 1.807) is 0 Å². The zero-order valence-electron chi connectivity index (χ0n) is 12.0. The van der Waals surface area contributed by atoms with Gasteiger partial charge in [-0.15, -0.1) is 0 Å². The molecule has 0 aromatic heterocycles. The zero-order valence-corrected chi connectivity index (χ0v) is 12.0. The summed E-state index contributed by atoms with van der Waals surface area (Å²) < 4.78 is 10.5. The van der Waals surface area contributed by atoms with E-state index in [4.69, 9.17) is 9.47 Å². The fraction of sp³-hybridized carbons (Fsp3) is 0.500. The minimum atomic E-state index is -0.635. The molecule has 0 spiro atoms. The molecule has 1 fully saturated rings. The highest BCUT2D eigenvalue weighted by Crippen LogP contribution is 2.27. The first-order valence-electron chi connectivity index (χ1n) is 6.81. The van der Waals surface area contributed by atoms with Gasteiger partial charge < -0.3 is 14.8 Å². The van der Waals surface area contributed by atoms with Gasteiger partial charge in [0.15, 0.2) is 6.10 Å². The van der Waals surface area contributed by atoms with Gasteiger partial charge in [0.05, 0.1) is 11.5 Å². The van der Waals surface area contributed by atoms with E-state index >= 15 is 0 Å². The number of nitrogens with one attached hydrogen (secondary N) is 1. The number of rotatable bonds is 6. The summed E-state index contributed by atoms with van der Waals surface area (Å²) in [5.74, 6) is 0.0775. The summed E-state index contributed by atoms with van der Waals surface area (Å²) in [5.41, 5.74) is 0.648. The molecule has 1 heterocycles. The lowest BCUT2D eigenvalue weighted by molar-refractivity contribution is -0.384. The van der Waals surface area contributed by atoms with Gasteiger partial charge in [0.2, 0.25) is 0 Å². The summed E-state index contributed by atoms with van der Waals surface area (Å²) in [6.45, 7) is 4.73. The quantitative estimate of drug-likeness (QED) is 0.488. The summed E-state index contributed by atoms with van der Waals surface area (Å²) in [4.78, 5) is 21.9. The van der Waals surface area contributed by atoms with E-state index < -0.39 is 17.0 Å². The van der Waals surface area contributed by atoms with E-state index in [0.717, 1.165) is 0 Å². The van der Waals surface area contributed by atoms with Gasteiger partial charge in [0, 0.05) is 36.7 Å². The third-order valence-corrected chi connectivity index (χ3v) is 3.11. The number of carbonyl (C=O) groups excluding carboxylic acids is 1. The molecule has 1 aromatic carbocycles. The van der Waals surface area contributed by atoms with Crippen molar-refractivity contribution in [1.29, 1.82) is 0 Å². The van der Waals surface area contributed by atoms with Crippen molar-refractivity contribution in [3.63, 3.8) is 0 Å². The van der Waals surface area contributed by atoms with Crippen LogP contribution in [0.3, 0.4) is 0 Å². The van der Waals surface area contributed by atoms with Crippen LogP contribution < -0.4 is 10.1 Å². The molecule has 0 radical (unpaired) electrons. The van der Waals surface area contributed by atoms with Gasteiger partial charge >= 0.3 is 5.97 Å². The predicted octanol–water partition coefficient (Wildman–Crippen LogP) is 1.79. The second kappa shape index (κ2) is 6.53. The first-order valence-corrected chi connectivity index (χ1v) is 6.81. The Labute approximate surface area is 122 Å². The van der Waals surface area contributed by atoms with Crippen molar-refractivity contribution in [2.24, 2.45) is 0 Å². The van der Waals surface area contributed by atoms with Gasteiger partial charge in [0.25, 0.3) is 5.69 Å². The average Bonchev–Trinajstić information content (AvgIpc) is 2.82. The predicted molar refractivity (Wildman–Crippen MR) is 75.1 cm³/mol. The Kier molecular flexibility index (Phi) is 4.74. The largest absolute Gasteiger partial charge is 0.478 e. The highest BCUT2D eigenvalue weighted by molar-refractivity contribution is 5.76. The normalized spacial score (nSPS) is 17.9. The van der Waals surface area contributed by atoms with Gasteiger partial charge in [-0.3, -0.25) is 10.1 Å². The fourth-order valence-corrected chi connectivity index (χ4v) is 1.98. The molecule has 1 N–H and O–H groups in total. The fourth-order valence-electron chi connectivity index (χ4n) is 1.98. The molecule has 1 aliphatic rings. The molecule has 1 unspecified atom stereocenters. The molecular formula is C14H18N2O5. The van der Waals surface area contributed by atoms with E-state index in [2.05, 4.69) is 5.32 Å². The van der Waals surface area contributed by atoms with Crippen LogP contribution in [0.2, 0.25) is 0 Å². The molecule has 0 bridgehead atoms. The van der Waals surface area contributed by atoms with Crippen molar-refractivity contribution in [2.75, 3.05) is 6.61 Å². The number of ether oxygens (including phenoxy) is 2. The number of hydrogen-bond acceptors (Lipinski definition) is 6. The van der Waals surface area contributed by atoms with Crippen LogP contribution in [0.5, 0.6) is 5.75 Å². The van der Waals surface area contributed by atoms with Gasteiger partial charge in [-0.05, 0) is 6.07 Å². The van der Waals surface area contributed by atoms with E-state index in [9.17, 15) is 14.9 Å². The first-order chi connectivity index (χ1) is 9.97. The molecule has 7 heteroatoms. The molecule has 1 aliphatic heterocycles. The summed E-state index contributed by atoms with van der Waals surface area (Å²) >= 11 is 0. The average molecular weight is 294 g/mol. The summed E-state index contributed by atoms with van der Waals surface area (Å²) in [6, 6.07) is 4.59. The van der Waals surface area contributed by atoms with Crippen molar-refractivity contribution < 1.29 is 19.2 Å². The number of benzene rings is 1. The van der Waals surface area contributed by atoms with Crippen LogP contribution in [0.25, 0.3) is 0 Å². The van der Waals surface area contributed by atoms with Gasteiger partial charge in [-0.1, -0.05) is 13.8 Å². The van der Waals surface area contributed by atoms with Gasteiger partial charge in [0.1, 0.15) is 5.75 Å². The summed E-state index contributed by atoms with van der Waals surface area (Å²) in [7, 11) is 0. The Morgan fingerprint density at radius 1 is 1.52 bits per heavy atom. The minimum absolute atomic E-state index is 0.00287. The maximum Gasteiger partial charge on any atom is 0.347 e. The Balaban J connectivity index is 2.21. The van der Waals surface area contributed by atoms with Crippen LogP contribution >= 0.6 is 0 Å². The van der Waals surface area contributed by atoms with Gasteiger partial charge in [-0.25, -0.2) is 4.79 Å². The Morgan fingerprint density at radius 3 is 2.86 bits per heavy atom. The molecule has 2 rings (SSSR count). The molecule has 7 nitrogen and oxygen atoms in total. The number of nitro groups is 1. The Bertz CT molecular complexity index is 544. The van der Waals surface area contributed by atoms with Crippen molar-refractivity contribution in [1.82, 2.24) is 5.32 Å². The Hall–Kier alpha value is -2.15. The lowest BCUT2D eigenvalue weighted by Crippen LogP contribution is -2.25. The third kappa shape index (κ3) is 3.91. The highest BCUT2D eigenvalue weighted by atomic mass is 16.6. The number of nitrogens with zero attached hydrogens (tertiary/aromatic N) is 1. The third-order valence-electron chi connectivity index (χ3n) is 3.11. The van der Waals surface area contributed by atoms with E-state index in [1.165, 1.54) is 18.2 Å². The Morgan fingerprint density at radius 2 is 2.29 bits per heavy atom. The van der Waals surface area contributed by atoms with Crippen LogP contribution in [0.1, 0.15) is 25.8 Å². The second-order valence-electron chi connectivity index (χ2n) is 5.15. The lowest BCUT2D eigenvalue weighted by Gasteiger charge is -2.15. The molecular weight excluding hydrogens is 276 g/mol. The molecule has 114 valence electrons. The number of non-ortho nitro benzene ring substituents is 1. The van der Waals surface area contributed by atoms with Crippen molar-refractivity contribution in [3.05, 3.63) is 33.9 Å². The zero-order chi connectivity index (χ0) is 15.4. The van der Waals surface area contributed by atoms with Crippen LogP contribution in [0, 0.1) is 10.1 Å². The molecule has 0 aliphatic carbocycles. The smallest absolute Gasteiger partial charge is 0.347 e. The van der Waals surface area contributed by atoms with Crippen molar-refractivity contribution in [2.45, 2.75) is 39.0 Å². The summed E-state index contributed by atoms with van der Waals surface area (Å²) in [6.07, 6.45) is -0.142. The van der Waals surface area contributed by atoms with Crippen LogP contribution in [-0.4, -0.2) is 29.6 Å². The summed E-state index contributed by atoms with van der Waals surface area (Å²) in [5, 5.41) is 14.1.